The molecule has 2 aromatic carbocycles. The van der Waals surface area contributed by atoms with Crippen molar-refractivity contribution in [2.45, 2.75) is 36.2 Å². The Labute approximate surface area is 181 Å². The van der Waals surface area contributed by atoms with E-state index < -0.39 is 44.9 Å². The zero-order valence-corrected chi connectivity index (χ0v) is 17.9. The highest BCUT2D eigenvalue weighted by atomic mass is 32.2. The van der Waals surface area contributed by atoms with Crippen LogP contribution in [0.4, 0.5) is 26.3 Å². The van der Waals surface area contributed by atoms with E-state index in [9.17, 15) is 39.9 Å². The molecule has 0 amide bonds. The van der Waals surface area contributed by atoms with Gasteiger partial charge in [0.15, 0.2) is 0 Å². The molecule has 4 nitrogen and oxygen atoms in total. The van der Waals surface area contributed by atoms with Crippen LogP contribution in [0.15, 0.2) is 54.6 Å². The summed E-state index contributed by atoms with van der Waals surface area (Å²) < 4.78 is 105. The molecule has 0 aromatic heterocycles. The smallest absolute Gasteiger partial charge is 0.369 e. The van der Waals surface area contributed by atoms with Crippen LogP contribution in [0.25, 0.3) is 0 Å². The van der Waals surface area contributed by atoms with Crippen molar-refractivity contribution in [3.05, 3.63) is 71.3 Å². The van der Waals surface area contributed by atoms with E-state index >= 15 is 0 Å². The normalized spacial score (nSPS) is 23.5. The molecule has 0 spiro atoms. The molecule has 1 fully saturated rings. The first-order valence-electron chi connectivity index (χ1n) is 9.49. The predicted octanol–water partition coefficient (Wildman–Crippen LogP) is 4.32. The molecular weight excluding hydrogens is 460 g/mol. The molecule has 2 aromatic rings. The molecule has 0 aliphatic carbocycles. The number of sulfonamides is 1. The van der Waals surface area contributed by atoms with Gasteiger partial charge in [-0.25, -0.2) is 12.7 Å². The Morgan fingerprint density at radius 3 is 1.88 bits per heavy atom. The Hall–Kier alpha value is -2.11. The zero-order valence-electron chi connectivity index (χ0n) is 17.1. The summed E-state index contributed by atoms with van der Waals surface area (Å²) in [7, 11) is -3.60. The number of benzene rings is 2. The number of nitrogens with zero attached hydrogens (tertiary/aromatic N) is 1. The van der Waals surface area contributed by atoms with Crippen LogP contribution in [0.3, 0.4) is 0 Å². The first-order chi connectivity index (χ1) is 14.5. The summed E-state index contributed by atoms with van der Waals surface area (Å²) in [5, 5.41) is 9.60. The van der Waals surface area contributed by atoms with E-state index in [-0.39, 0.29) is 13.1 Å². The van der Waals surface area contributed by atoms with Crippen molar-refractivity contribution in [3.8, 4) is 0 Å². The summed E-state index contributed by atoms with van der Waals surface area (Å²) in [4.78, 5) is 0. The highest BCUT2D eigenvalue weighted by Crippen LogP contribution is 2.51. The van der Waals surface area contributed by atoms with Crippen molar-refractivity contribution >= 4 is 10.0 Å². The highest BCUT2D eigenvalue weighted by Gasteiger charge is 2.71. The molecule has 0 unspecified atom stereocenters. The summed E-state index contributed by atoms with van der Waals surface area (Å²) >= 11 is 0. The van der Waals surface area contributed by atoms with Crippen LogP contribution in [-0.4, -0.2) is 49.5 Å². The lowest BCUT2D eigenvalue weighted by atomic mass is 9.71. The third kappa shape index (κ3) is 4.01. The first kappa shape index (κ1) is 24.5. The van der Waals surface area contributed by atoms with Gasteiger partial charge in [0.05, 0.1) is 6.26 Å². The van der Waals surface area contributed by atoms with Gasteiger partial charge in [0.1, 0.15) is 0 Å². The molecule has 32 heavy (non-hydrogen) atoms. The summed E-state index contributed by atoms with van der Waals surface area (Å²) in [6.45, 7) is 1.90. The maximum Gasteiger partial charge on any atom is 0.430 e. The Balaban J connectivity index is 2.08. The van der Waals surface area contributed by atoms with Crippen molar-refractivity contribution in [2.75, 3.05) is 19.3 Å². The maximum absolute atomic E-state index is 13.2. The predicted molar refractivity (Wildman–Crippen MR) is 105 cm³/mol. The molecule has 0 radical (unpaired) electrons. The van der Waals surface area contributed by atoms with Gasteiger partial charge in [0, 0.05) is 30.0 Å². The van der Waals surface area contributed by atoms with Gasteiger partial charge in [-0.15, -0.1) is 0 Å². The Morgan fingerprint density at radius 1 is 0.938 bits per heavy atom. The number of hydrogen-bond donors (Lipinski definition) is 1. The third-order valence-electron chi connectivity index (χ3n) is 6.11. The second kappa shape index (κ2) is 7.74. The molecule has 1 N–H and O–H groups in total. The highest BCUT2D eigenvalue weighted by molar-refractivity contribution is 7.88. The van der Waals surface area contributed by atoms with Crippen LogP contribution in [0, 0.1) is 0 Å². The van der Waals surface area contributed by atoms with Gasteiger partial charge in [0.25, 0.3) is 5.60 Å². The molecular formula is C21H21F6NO3S. The van der Waals surface area contributed by atoms with E-state index in [1.165, 1.54) is 4.31 Å². The van der Waals surface area contributed by atoms with Gasteiger partial charge in [-0.2, -0.15) is 26.3 Å². The topological polar surface area (TPSA) is 57.6 Å². The van der Waals surface area contributed by atoms with Crippen molar-refractivity contribution in [1.29, 1.82) is 0 Å². The van der Waals surface area contributed by atoms with Crippen molar-refractivity contribution in [3.63, 3.8) is 0 Å². The largest absolute Gasteiger partial charge is 0.430 e. The molecule has 176 valence electrons. The van der Waals surface area contributed by atoms with Crippen LogP contribution in [0.5, 0.6) is 0 Å². The molecule has 0 bridgehead atoms. The van der Waals surface area contributed by atoms with E-state index in [1.54, 1.807) is 37.3 Å². The van der Waals surface area contributed by atoms with Crippen LogP contribution < -0.4 is 0 Å². The minimum atomic E-state index is -5.98. The van der Waals surface area contributed by atoms with Gasteiger partial charge in [-0.3, -0.25) is 0 Å². The van der Waals surface area contributed by atoms with Crippen LogP contribution >= 0.6 is 0 Å². The zero-order chi connectivity index (χ0) is 24.2. The monoisotopic (exact) mass is 481 g/mol. The van der Waals surface area contributed by atoms with Crippen LogP contribution in [0.2, 0.25) is 0 Å². The number of alkyl halides is 6. The molecule has 11 heteroatoms. The van der Waals surface area contributed by atoms with E-state index in [0.717, 1.165) is 24.0 Å². The molecule has 2 atom stereocenters. The molecule has 3 rings (SSSR count). The van der Waals surface area contributed by atoms with E-state index in [2.05, 4.69) is 0 Å². The summed E-state index contributed by atoms with van der Waals surface area (Å²) in [6, 6.07) is 12.2. The first-order valence-corrected chi connectivity index (χ1v) is 11.3. The fraction of sp³-hybridized carbons (Fsp3) is 0.429. The van der Waals surface area contributed by atoms with E-state index in [4.69, 9.17) is 0 Å². The second-order valence-electron chi connectivity index (χ2n) is 8.22. The van der Waals surface area contributed by atoms with Crippen molar-refractivity contribution in [1.82, 2.24) is 4.31 Å². The molecule has 1 heterocycles. The number of halogens is 6. The summed E-state index contributed by atoms with van der Waals surface area (Å²) in [5.41, 5.74) is -6.02. The van der Waals surface area contributed by atoms with Gasteiger partial charge < -0.3 is 5.11 Å². The summed E-state index contributed by atoms with van der Waals surface area (Å²) in [6.07, 6.45) is -10.9. The average molecular weight is 481 g/mol. The average Bonchev–Trinajstić information content (AvgIpc) is 3.06. The van der Waals surface area contributed by atoms with Gasteiger partial charge in [0.2, 0.25) is 10.0 Å². The standard InChI is InChI=1S/C21H21F6NO3S/c1-18(15-6-4-3-5-7-15)13-28(32(2,30)31)12-17(18)14-8-10-16(11-9-14)19(29,20(22,23)24)21(25,26)27/h3-11,17,29H,12-13H2,1-2H3/t17-,18+/m0/s1. The van der Waals surface area contributed by atoms with E-state index in [1.807, 2.05) is 0 Å². The SMILES string of the molecule is C[C@]1(c2ccccc2)CN(S(C)(=O)=O)C[C@H]1c1ccc(C(O)(C(F)(F)F)C(F)(F)F)cc1. The van der Waals surface area contributed by atoms with Crippen LogP contribution in [-0.2, 0) is 21.0 Å². The van der Waals surface area contributed by atoms with Gasteiger partial charge in [-0.05, 0) is 11.1 Å². The van der Waals surface area contributed by atoms with E-state index in [0.29, 0.717) is 17.7 Å². The number of rotatable bonds is 4. The Bertz CT molecular complexity index is 1050. The number of hydrogen-bond acceptors (Lipinski definition) is 3. The third-order valence-corrected chi connectivity index (χ3v) is 7.33. The minimum absolute atomic E-state index is 0.00633. The number of aliphatic hydroxyl groups is 1. The fourth-order valence-corrected chi connectivity index (χ4v) is 5.15. The molecule has 1 aliphatic rings. The molecule has 1 aliphatic heterocycles. The fourth-order valence-electron chi connectivity index (χ4n) is 4.23. The molecule has 1 saturated heterocycles. The maximum atomic E-state index is 13.2. The van der Waals surface area contributed by atoms with Crippen LogP contribution in [0.1, 0.15) is 29.5 Å². The van der Waals surface area contributed by atoms with Gasteiger partial charge >= 0.3 is 12.4 Å². The Morgan fingerprint density at radius 2 is 1.44 bits per heavy atom. The van der Waals surface area contributed by atoms with Gasteiger partial charge in [-0.1, -0.05) is 61.5 Å². The van der Waals surface area contributed by atoms with Crippen molar-refractivity contribution < 1.29 is 39.9 Å². The summed E-state index contributed by atoms with van der Waals surface area (Å²) in [5.74, 6) is -0.543. The quantitative estimate of drug-likeness (QED) is 0.662. The lowest BCUT2D eigenvalue weighted by Gasteiger charge is -2.34. The van der Waals surface area contributed by atoms with Crippen molar-refractivity contribution in [2.24, 2.45) is 0 Å². The second-order valence-corrected chi connectivity index (χ2v) is 10.2. The minimum Gasteiger partial charge on any atom is -0.369 e. The lowest BCUT2D eigenvalue weighted by molar-refractivity contribution is -0.376. The Kier molecular flexibility index (Phi) is 5.93. The molecule has 0 saturated carbocycles. The lowest BCUT2D eigenvalue weighted by Crippen LogP contribution is -2.53.